The van der Waals surface area contributed by atoms with Crippen molar-refractivity contribution in [3.63, 3.8) is 0 Å². The maximum Gasteiger partial charge on any atom is 0.254 e. The topological polar surface area (TPSA) is 12.9 Å². The van der Waals surface area contributed by atoms with Crippen LogP contribution in [-0.2, 0) is 0 Å². The van der Waals surface area contributed by atoms with Gasteiger partial charge < -0.3 is 0 Å². The molecule has 5 heteroatoms. The van der Waals surface area contributed by atoms with Crippen molar-refractivity contribution in [2.24, 2.45) is 0 Å². The van der Waals surface area contributed by atoms with Gasteiger partial charge in [-0.25, -0.2) is 4.39 Å². The van der Waals surface area contributed by atoms with E-state index in [0.717, 1.165) is 12.8 Å². The molecule has 0 N–H and O–H groups in total. The van der Waals surface area contributed by atoms with Crippen LogP contribution < -0.4 is 0 Å². The summed E-state index contributed by atoms with van der Waals surface area (Å²) in [7, 11) is 0. The van der Waals surface area contributed by atoms with Gasteiger partial charge in [0.1, 0.15) is 0 Å². The highest BCUT2D eigenvalue weighted by molar-refractivity contribution is 5.21. The lowest BCUT2D eigenvalue weighted by atomic mass is 9.98. The Balaban J connectivity index is 2.50. The number of pyridine rings is 1. The molecule has 15 heavy (non-hydrogen) atoms. The molecule has 0 amide bonds. The summed E-state index contributed by atoms with van der Waals surface area (Å²) in [4.78, 5) is 2.73. The summed E-state index contributed by atoms with van der Waals surface area (Å²) >= 11 is 0. The quantitative estimate of drug-likeness (QED) is 0.521. The van der Waals surface area contributed by atoms with Crippen molar-refractivity contribution in [2.45, 2.75) is 31.6 Å². The maximum atomic E-state index is 13.3. The Morgan fingerprint density at radius 1 is 0.867 bits per heavy atom. The second-order valence-electron chi connectivity index (χ2n) is 3.72. The Hall–Kier alpha value is -1.13. The van der Waals surface area contributed by atoms with Crippen LogP contribution in [0.25, 0.3) is 0 Å². The van der Waals surface area contributed by atoms with E-state index in [4.69, 9.17) is 0 Å². The molecule has 0 aliphatic heterocycles. The zero-order valence-electron chi connectivity index (χ0n) is 7.86. The SMILES string of the molecule is Fc1nc(F)c(C2CCCC2)c(F)c1F. The summed E-state index contributed by atoms with van der Waals surface area (Å²) in [5.74, 6) is -6.41. The van der Waals surface area contributed by atoms with Gasteiger partial charge in [-0.05, 0) is 18.8 Å². The van der Waals surface area contributed by atoms with Gasteiger partial charge in [0.25, 0.3) is 5.95 Å². The number of halogens is 4. The standard InChI is InChI=1S/C10H9F4N/c11-7-6(5-3-1-2-4-5)9(13)15-10(14)8(7)12/h5H,1-4H2. The van der Waals surface area contributed by atoms with Gasteiger partial charge in [-0.3, -0.25) is 0 Å². The van der Waals surface area contributed by atoms with E-state index in [1.54, 1.807) is 0 Å². The zero-order chi connectivity index (χ0) is 11.0. The largest absolute Gasteiger partial charge is 0.254 e. The summed E-state index contributed by atoms with van der Waals surface area (Å²) in [6, 6.07) is 0. The van der Waals surface area contributed by atoms with Crippen LogP contribution in [-0.4, -0.2) is 4.98 Å². The maximum absolute atomic E-state index is 13.3. The van der Waals surface area contributed by atoms with Crippen LogP contribution in [0, 0.1) is 23.5 Å². The van der Waals surface area contributed by atoms with Crippen LogP contribution in [0.4, 0.5) is 17.6 Å². The first-order chi connectivity index (χ1) is 7.11. The molecule has 0 bridgehead atoms. The molecular weight excluding hydrogens is 210 g/mol. The van der Waals surface area contributed by atoms with Gasteiger partial charge in [0.2, 0.25) is 11.8 Å². The Morgan fingerprint density at radius 3 is 2.07 bits per heavy atom. The molecule has 2 rings (SSSR count). The van der Waals surface area contributed by atoms with Crippen molar-refractivity contribution in [1.29, 1.82) is 0 Å². The summed E-state index contributed by atoms with van der Waals surface area (Å²) < 4.78 is 51.9. The number of aromatic nitrogens is 1. The van der Waals surface area contributed by atoms with Crippen LogP contribution in [0.1, 0.15) is 37.2 Å². The highest BCUT2D eigenvalue weighted by Gasteiger charge is 2.28. The third-order valence-corrected chi connectivity index (χ3v) is 2.79. The highest BCUT2D eigenvalue weighted by atomic mass is 19.2. The fraction of sp³-hybridized carbons (Fsp3) is 0.500. The monoisotopic (exact) mass is 219 g/mol. The Morgan fingerprint density at radius 2 is 1.47 bits per heavy atom. The van der Waals surface area contributed by atoms with E-state index in [0.29, 0.717) is 12.8 Å². The van der Waals surface area contributed by atoms with Crippen molar-refractivity contribution in [2.75, 3.05) is 0 Å². The van der Waals surface area contributed by atoms with Crippen LogP contribution in [0.2, 0.25) is 0 Å². The van der Waals surface area contributed by atoms with Gasteiger partial charge in [0.05, 0.1) is 0 Å². The number of hydrogen-bond donors (Lipinski definition) is 0. The molecule has 1 aromatic rings. The minimum absolute atomic E-state index is 0.368. The lowest BCUT2D eigenvalue weighted by Crippen LogP contribution is -2.09. The lowest BCUT2D eigenvalue weighted by Gasteiger charge is -2.11. The predicted octanol–water partition coefficient (Wildman–Crippen LogP) is 3.30. The molecule has 0 unspecified atom stereocenters. The first kappa shape index (κ1) is 10.4. The molecule has 0 saturated heterocycles. The van der Waals surface area contributed by atoms with Crippen molar-refractivity contribution in [1.82, 2.24) is 4.98 Å². The molecule has 0 atom stereocenters. The summed E-state index contributed by atoms with van der Waals surface area (Å²) in [5, 5.41) is 0. The van der Waals surface area contributed by atoms with Crippen LogP contribution >= 0.6 is 0 Å². The van der Waals surface area contributed by atoms with Gasteiger partial charge in [-0.2, -0.15) is 18.2 Å². The van der Waals surface area contributed by atoms with E-state index < -0.39 is 29.1 Å². The number of rotatable bonds is 1. The Kier molecular flexibility index (Phi) is 2.63. The molecule has 1 aliphatic rings. The smallest absolute Gasteiger partial charge is 0.203 e. The summed E-state index contributed by atoms with van der Waals surface area (Å²) in [5.41, 5.74) is -0.397. The van der Waals surface area contributed by atoms with E-state index in [1.807, 2.05) is 0 Å². The molecule has 1 aliphatic carbocycles. The van der Waals surface area contributed by atoms with E-state index in [9.17, 15) is 17.6 Å². The van der Waals surface area contributed by atoms with Crippen molar-refractivity contribution in [3.8, 4) is 0 Å². The average Bonchev–Trinajstić information content (AvgIpc) is 2.68. The van der Waals surface area contributed by atoms with Crippen molar-refractivity contribution < 1.29 is 17.6 Å². The molecule has 1 aromatic heterocycles. The number of nitrogens with zero attached hydrogens (tertiary/aromatic N) is 1. The van der Waals surface area contributed by atoms with Crippen LogP contribution in [0.3, 0.4) is 0 Å². The van der Waals surface area contributed by atoms with Crippen molar-refractivity contribution in [3.05, 3.63) is 29.1 Å². The number of hydrogen-bond acceptors (Lipinski definition) is 1. The van der Waals surface area contributed by atoms with Gasteiger partial charge in [0, 0.05) is 5.56 Å². The first-order valence-electron chi connectivity index (χ1n) is 4.81. The molecule has 0 spiro atoms. The molecule has 1 heterocycles. The highest BCUT2D eigenvalue weighted by Crippen LogP contribution is 2.37. The Labute approximate surface area is 84.1 Å². The average molecular weight is 219 g/mol. The molecule has 0 aromatic carbocycles. The van der Waals surface area contributed by atoms with Gasteiger partial charge in [-0.15, -0.1) is 0 Å². The fourth-order valence-electron chi connectivity index (χ4n) is 2.06. The molecule has 1 nitrogen and oxygen atoms in total. The van der Waals surface area contributed by atoms with E-state index in [-0.39, 0.29) is 5.92 Å². The minimum Gasteiger partial charge on any atom is -0.203 e. The summed E-state index contributed by atoms with van der Waals surface area (Å²) in [6.07, 6.45) is 2.90. The van der Waals surface area contributed by atoms with E-state index in [1.165, 1.54) is 0 Å². The molecule has 1 fully saturated rings. The third-order valence-electron chi connectivity index (χ3n) is 2.79. The van der Waals surface area contributed by atoms with E-state index >= 15 is 0 Å². The van der Waals surface area contributed by atoms with E-state index in [2.05, 4.69) is 4.98 Å². The first-order valence-corrected chi connectivity index (χ1v) is 4.81. The predicted molar refractivity (Wildman–Crippen MR) is 45.3 cm³/mol. The lowest BCUT2D eigenvalue weighted by molar-refractivity contribution is 0.383. The Bertz CT molecular complexity index is 385. The third kappa shape index (κ3) is 1.70. The fourth-order valence-corrected chi connectivity index (χ4v) is 2.06. The van der Waals surface area contributed by atoms with Gasteiger partial charge in [-0.1, -0.05) is 12.8 Å². The normalized spacial score (nSPS) is 17.3. The molecule has 82 valence electrons. The van der Waals surface area contributed by atoms with Gasteiger partial charge >= 0.3 is 0 Å². The molecular formula is C10H9F4N. The summed E-state index contributed by atoms with van der Waals surface area (Å²) in [6.45, 7) is 0. The minimum atomic E-state index is -1.72. The van der Waals surface area contributed by atoms with Crippen LogP contribution in [0.5, 0.6) is 0 Å². The molecule has 1 saturated carbocycles. The second kappa shape index (κ2) is 3.79. The van der Waals surface area contributed by atoms with Crippen molar-refractivity contribution >= 4 is 0 Å². The molecule has 0 radical (unpaired) electrons. The van der Waals surface area contributed by atoms with Crippen LogP contribution in [0.15, 0.2) is 0 Å². The zero-order valence-corrected chi connectivity index (χ0v) is 7.86. The van der Waals surface area contributed by atoms with Gasteiger partial charge in [0.15, 0.2) is 5.82 Å². The second-order valence-corrected chi connectivity index (χ2v) is 3.72.